The number of benzene rings is 1. The largest absolute Gasteiger partial charge is 0.348 e. The maximum Gasteiger partial charge on any atom is 0.263 e. The van der Waals surface area contributed by atoms with Crippen LogP contribution < -0.4 is 16.2 Å². The molecule has 1 aromatic heterocycles. The van der Waals surface area contributed by atoms with Crippen LogP contribution in [0.4, 0.5) is 0 Å². The van der Waals surface area contributed by atoms with Crippen LogP contribution in [0.3, 0.4) is 0 Å². The smallest absolute Gasteiger partial charge is 0.263 e. The van der Waals surface area contributed by atoms with E-state index in [0.29, 0.717) is 24.9 Å². The van der Waals surface area contributed by atoms with Crippen molar-refractivity contribution in [2.75, 3.05) is 13.1 Å². The molecule has 0 radical (unpaired) electrons. The predicted molar refractivity (Wildman–Crippen MR) is 109 cm³/mol. The van der Waals surface area contributed by atoms with E-state index in [0.717, 1.165) is 43.6 Å². The summed E-state index contributed by atoms with van der Waals surface area (Å²) in [4.78, 5) is 25.7. The highest BCUT2D eigenvalue weighted by molar-refractivity contribution is 5.93. The Kier molecular flexibility index (Phi) is 4.55. The highest BCUT2D eigenvalue weighted by atomic mass is 16.2. The first-order valence-corrected chi connectivity index (χ1v) is 10.5. The van der Waals surface area contributed by atoms with Crippen molar-refractivity contribution in [3.63, 3.8) is 0 Å². The number of fused-ring (bicyclic) bond motifs is 5. The lowest BCUT2D eigenvalue weighted by Crippen LogP contribution is -2.46. The second-order valence-corrected chi connectivity index (χ2v) is 8.54. The van der Waals surface area contributed by atoms with E-state index in [1.54, 1.807) is 6.07 Å². The maximum atomic E-state index is 13.0. The zero-order valence-corrected chi connectivity index (χ0v) is 16.2. The first-order chi connectivity index (χ1) is 13.7. The van der Waals surface area contributed by atoms with Crippen molar-refractivity contribution >= 4 is 5.91 Å². The first kappa shape index (κ1) is 17.7. The molecule has 1 amide bonds. The number of piperidine rings is 1. The van der Waals surface area contributed by atoms with Crippen LogP contribution in [0, 0.1) is 5.92 Å². The zero-order valence-electron chi connectivity index (χ0n) is 16.2. The number of carbonyl (C=O) groups excluding carboxylic acids is 1. The van der Waals surface area contributed by atoms with Gasteiger partial charge in [0.05, 0.1) is 0 Å². The molecule has 2 atom stereocenters. The van der Waals surface area contributed by atoms with Gasteiger partial charge in [0.1, 0.15) is 5.56 Å². The number of hydrogen-bond acceptors (Lipinski definition) is 3. The molecule has 1 aromatic carbocycles. The predicted octanol–water partition coefficient (Wildman–Crippen LogP) is 2.36. The molecule has 146 valence electrons. The number of amides is 1. The average Bonchev–Trinajstić information content (AvgIpc) is 2.73. The molecule has 2 aromatic rings. The molecule has 3 heterocycles. The molecule has 1 saturated heterocycles. The molecule has 2 N–H and O–H groups in total. The Labute approximate surface area is 165 Å². The Hall–Kier alpha value is -2.40. The number of aryl methyl sites for hydroxylation is 2. The van der Waals surface area contributed by atoms with Gasteiger partial charge in [-0.25, -0.2) is 0 Å². The van der Waals surface area contributed by atoms with Gasteiger partial charge in [-0.1, -0.05) is 18.2 Å². The molecule has 5 nitrogen and oxygen atoms in total. The molecule has 1 aliphatic carbocycles. The topological polar surface area (TPSA) is 63.1 Å². The standard InChI is InChI=1S/C23H27N3O2/c27-22(25-12-15-5-6-17-3-1-2-4-18(17)9-15)20-7-8-21-19-10-16(11-24-13-19)14-26(21)23(20)28/h5-9,16,19,24H,1-4,10-14H2,(H,25,27)/t16-,19+/m0/s1. The lowest BCUT2D eigenvalue weighted by Gasteiger charge is -2.37. The van der Waals surface area contributed by atoms with E-state index in [1.807, 2.05) is 10.6 Å². The Morgan fingerprint density at radius 1 is 1.11 bits per heavy atom. The second kappa shape index (κ2) is 7.21. The van der Waals surface area contributed by atoms with Gasteiger partial charge in [-0.15, -0.1) is 0 Å². The summed E-state index contributed by atoms with van der Waals surface area (Å²) in [6.45, 7) is 3.04. The minimum atomic E-state index is -0.271. The normalized spacial score (nSPS) is 22.9. The molecule has 2 aliphatic heterocycles. The van der Waals surface area contributed by atoms with E-state index in [2.05, 4.69) is 28.8 Å². The van der Waals surface area contributed by atoms with E-state index in [1.165, 1.54) is 24.0 Å². The third-order valence-corrected chi connectivity index (χ3v) is 6.62. The fourth-order valence-electron chi connectivity index (χ4n) is 5.14. The molecule has 2 bridgehead atoms. The molecule has 3 aliphatic rings. The fraction of sp³-hybridized carbons (Fsp3) is 0.478. The summed E-state index contributed by atoms with van der Waals surface area (Å²) in [5.74, 6) is 0.595. The Balaban J connectivity index is 1.33. The van der Waals surface area contributed by atoms with Crippen LogP contribution in [0.5, 0.6) is 0 Å². The SMILES string of the molecule is O=C(NCc1ccc2c(c1)CCCC2)c1ccc2n(c1=O)C[C@@H]1CNC[C@H]2C1. The third kappa shape index (κ3) is 3.18. The van der Waals surface area contributed by atoms with Gasteiger partial charge in [0.2, 0.25) is 0 Å². The van der Waals surface area contributed by atoms with Crippen molar-refractivity contribution in [1.82, 2.24) is 15.2 Å². The van der Waals surface area contributed by atoms with E-state index in [-0.39, 0.29) is 17.0 Å². The minimum absolute atomic E-state index is 0.142. The monoisotopic (exact) mass is 377 g/mol. The van der Waals surface area contributed by atoms with Crippen molar-refractivity contribution in [2.45, 2.75) is 51.1 Å². The third-order valence-electron chi connectivity index (χ3n) is 6.62. The van der Waals surface area contributed by atoms with Crippen LogP contribution >= 0.6 is 0 Å². The molecule has 0 unspecified atom stereocenters. The number of hydrogen-bond donors (Lipinski definition) is 2. The van der Waals surface area contributed by atoms with Gasteiger partial charge in [0, 0.05) is 31.2 Å². The summed E-state index contributed by atoms with van der Waals surface area (Å²) < 4.78 is 1.84. The van der Waals surface area contributed by atoms with Crippen molar-refractivity contribution in [1.29, 1.82) is 0 Å². The number of pyridine rings is 1. The van der Waals surface area contributed by atoms with E-state index in [4.69, 9.17) is 0 Å². The summed E-state index contributed by atoms with van der Waals surface area (Å²) in [5, 5.41) is 6.41. The number of carbonyl (C=O) groups is 1. The molecular weight excluding hydrogens is 350 g/mol. The van der Waals surface area contributed by atoms with Crippen LogP contribution in [-0.2, 0) is 25.9 Å². The van der Waals surface area contributed by atoms with Crippen LogP contribution in [0.25, 0.3) is 0 Å². The summed E-state index contributed by atoms with van der Waals surface area (Å²) >= 11 is 0. The molecule has 5 heteroatoms. The highest BCUT2D eigenvalue weighted by Crippen LogP contribution is 2.31. The van der Waals surface area contributed by atoms with Crippen molar-refractivity contribution in [3.05, 3.63) is 68.6 Å². The second-order valence-electron chi connectivity index (χ2n) is 8.54. The number of nitrogens with one attached hydrogen (secondary N) is 2. The van der Waals surface area contributed by atoms with Crippen molar-refractivity contribution in [2.24, 2.45) is 5.92 Å². The average molecular weight is 377 g/mol. The lowest BCUT2D eigenvalue weighted by atomic mass is 9.84. The Bertz CT molecular complexity index is 978. The zero-order chi connectivity index (χ0) is 19.1. The first-order valence-electron chi connectivity index (χ1n) is 10.5. The van der Waals surface area contributed by atoms with E-state index in [9.17, 15) is 9.59 Å². The van der Waals surface area contributed by atoms with Gasteiger partial charge in [0.15, 0.2) is 0 Å². The van der Waals surface area contributed by atoms with Crippen LogP contribution in [-0.4, -0.2) is 23.6 Å². The van der Waals surface area contributed by atoms with Crippen LogP contribution in [0.15, 0.2) is 35.1 Å². The number of aromatic nitrogens is 1. The molecular formula is C23H27N3O2. The van der Waals surface area contributed by atoms with Gasteiger partial charge >= 0.3 is 0 Å². The van der Waals surface area contributed by atoms with Crippen molar-refractivity contribution < 1.29 is 4.79 Å². The highest BCUT2D eigenvalue weighted by Gasteiger charge is 2.31. The van der Waals surface area contributed by atoms with Crippen LogP contribution in [0.1, 0.15) is 57.9 Å². The van der Waals surface area contributed by atoms with Gasteiger partial charge in [-0.2, -0.15) is 0 Å². The summed E-state index contributed by atoms with van der Waals surface area (Å²) in [7, 11) is 0. The van der Waals surface area contributed by atoms with E-state index < -0.39 is 0 Å². The fourth-order valence-corrected chi connectivity index (χ4v) is 5.14. The number of nitrogens with zero attached hydrogens (tertiary/aromatic N) is 1. The molecule has 0 saturated carbocycles. The van der Waals surface area contributed by atoms with Gasteiger partial charge in [-0.05, 0) is 73.4 Å². The Morgan fingerprint density at radius 2 is 1.96 bits per heavy atom. The van der Waals surface area contributed by atoms with E-state index >= 15 is 0 Å². The maximum absolute atomic E-state index is 13.0. The Morgan fingerprint density at radius 3 is 2.86 bits per heavy atom. The summed E-state index contributed by atoms with van der Waals surface area (Å²) in [5.41, 5.74) is 5.14. The molecule has 1 fully saturated rings. The van der Waals surface area contributed by atoms with Crippen molar-refractivity contribution in [3.8, 4) is 0 Å². The van der Waals surface area contributed by atoms with Gasteiger partial charge in [-0.3, -0.25) is 9.59 Å². The number of rotatable bonds is 3. The molecule has 5 rings (SSSR count). The molecule has 0 spiro atoms. The quantitative estimate of drug-likeness (QED) is 0.863. The summed E-state index contributed by atoms with van der Waals surface area (Å²) in [6, 6.07) is 10.2. The lowest BCUT2D eigenvalue weighted by molar-refractivity contribution is 0.0948. The van der Waals surface area contributed by atoms with Crippen LogP contribution in [0.2, 0.25) is 0 Å². The van der Waals surface area contributed by atoms with Gasteiger partial charge < -0.3 is 15.2 Å². The summed E-state index contributed by atoms with van der Waals surface area (Å²) in [6.07, 6.45) is 5.93. The minimum Gasteiger partial charge on any atom is -0.348 e. The van der Waals surface area contributed by atoms with Gasteiger partial charge in [0.25, 0.3) is 11.5 Å². The molecule has 28 heavy (non-hydrogen) atoms.